The molecule has 2 heterocycles. The van der Waals surface area contributed by atoms with Crippen LogP contribution in [-0.4, -0.2) is 65.6 Å². The highest BCUT2D eigenvalue weighted by molar-refractivity contribution is 5.87. The van der Waals surface area contributed by atoms with E-state index in [4.69, 9.17) is 4.74 Å². The van der Waals surface area contributed by atoms with Crippen molar-refractivity contribution in [2.24, 2.45) is 11.3 Å². The Morgan fingerprint density at radius 3 is 2.50 bits per heavy atom. The average Bonchev–Trinajstić information content (AvgIpc) is 3.49. The van der Waals surface area contributed by atoms with Gasteiger partial charge in [0.15, 0.2) is 0 Å². The Hall–Kier alpha value is -2.08. The van der Waals surface area contributed by atoms with Crippen molar-refractivity contribution in [3.63, 3.8) is 0 Å². The average molecular weight is 386 g/mol. The highest BCUT2D eigenvalue weighted by Gasteiger charge is 2.51. The summed E-state index contributed by atoms with van der Waals surface area (Å²) >= 11 is 0. The third-order valence-electron chi connectivity index (χ3n) is 6.55. The van der Waals surface area contributed by atoms with E-state index in [0.717, 1.165) is 57.5 Å². The summed E-state index contributed by atoms with van der Waals surface area (Å²) in [4.78, 5) is 28.4. The molecule has 1 atom stereocenters. The second-order valence-corrected chi connectivity index (χ2v) is 8.66. The van der Waals surface area contributed by atoms with Gasteiger partial charge in [-0.15, -0.1) is 0 Å². The van der Waals surface area contributed by atoms with E-state index >= 15 is 0 Å². The number of nitrogens with zero attached hydrogens (tertiary/aromatic N) is 2. The van der Waals surface area contributed by atoms with E-state index in [1.807, 2.05) is 30.3 Å². The standard InChI is InChI=1S/C22H30N2O4/c25-20(17-7-8-17)24-16-22(15-19(24)21(26)27)9-12-23(13-10-22)11-4-14-28-18-5-2-1-3-6-18/h1-3,5-6,17,19H,4,7-16H2,(H,26,27)/t19-/m0/s1. The van der Waals surface area contributed by atoms with Crippen LogP contribution in [0.3, 0.4) is 0 Å². The number of ether oxygens (including phenoxy) is 1. The fraction of sp³-hybridized carbons (Fsp3) is 0.636. The summed E-state index contributed by atoms with van der Waals surface area (Å²) in [6.07, 6.45) is 5.40. The number of amides is 1. The molecule has 28 heavy (non-hydrogen) atoms. The number of piperidine rings is 1. The van der Waals surface area contributed by atoms with Crippen LogP contribution in [0, 0.1) is 11.3 Å². The number of likely N-dealkylation sites (tertiary alicyclic amines) is 2. The van der Waals surface area contributed by atoms with Gasteiger partial charge < -0.3 is 19.6 Å². The first-order valence-corrected chi connectivity index (χ1v) is 10.5. The summed E-state index contributed by atoms with van der Waals surface area (Å²) < 4.78 is 5.76. The fourth-order valence-corrected chi connectivity index (χ4v) is 4.68. The molecule has 1 amide bonds. The molecule has 0 aromatic heterocycles. The summed E-state index contributed by atoms with van der Waals surface area (Å²) in [6, 6.07) is 9.24. The molecule has 0 bridgehead atoms. The van der Waals surface area contributed by atoms with E-state index in [0.29, 0.717) is 19.6 Å². The smallest absolute Gasteiger partial charge is 0.326 e. The van der Waals surface area contributed by atoms with E-state index in [1.54, 1.807) is 4.90 Å². The van der Waals surface area contributed by atoms with Gasteiger partial charge in [0, 0.05) is 19.0 Å². The number of para-hydroxylation sites is 1. The summed E-state index contributed by atoms with van der Waals surface area (Å²) in [5, 5.41) is 9.62. The van der Waals surface area contributed by atoms with Gasteiger partial charge in [-0.2, -0.15) is 0 Å². The molecule has 1 aromatic carbocycles. The lowest BCUT2D eigenvalue weighted by molar-refractivity contribution is -0.148. The van der Waals surface area contributed by atoms with Crippen molar-refractivity contribution in [3.05, 3.63) is 30.3 Å². The van der Waals surface area contributed by atoms with Gasteiger partial charge in [0.2, 0.25) is 5.91 Å². The van der Waals surface area contributed by atoms with E-state index in [-0.39, 0.29) is 17.2 Å². The number of carbonyl (C=O) groups is 2. The molecular weight excluding hydrogens is 356 g/mol. The van der Waals surface area contributed by atoms with Gasteiger partial charge in [0.1, 0.15) is 11.8 Å². The maximum absolute atomic E-state index is 12.5. The van der Waals surface area contributed by atoms with Crippen LogP contribution in [0.1, 0.15) is 38.5 Å². The molecule has 6 heteroatoms. The van der Waals surface area contributed by atoms with Crippen LogP contribution in [0.15, 0.2) is 30.3 Å². The molecule has 1 spiro atoms. The zero-order valence-corrected chi connectivity index (χ0v) is 16.4. The molecule has 2 saturated heterocycles. The predicted octanol–water partition coefficient (Wildman–Crippen LogP) is 2.63. The number of aliphatic carboxylic acids is 1. The van der Waals surface area contributed by atoms with Crippen molar-refractivity contribution in [1.82, 2.24) is 9.80 Å². The predicted molar refractivity (Wildman–Crippen MR) is 105 cm³/mol. The highest BCUT2D eigenvalue weighted by Crippen LogP contribution is 2.45. The van der Waals surface area contributed by atoms with Crippen molar-refractivity contribution < 1.29 is 19.4 Å². The van der Waals surface area contributed by atoms with Crippen molar-refractivity contribution >= 4 is 11.9 Å². The molecular formula is C22H30N2O4. The van der Waals surface area contributed by atoms with Crippen LogP contribution >= 0.6 is 0 Å². The molecule has 3 fully saturated rings. The second-order valence-electron chi connectivity index (χ2n) is 8.66. The van der Waals surface area contributed by atoms with Crippen molar-refractivity contribution in [2.45, 2.75) is 44.6 Å². The zero-order chi connectivity index (χ0) is 19.6. The van der Waals surface area contributed by atoms with Crippen LogP contribution in [0.25, 0.3) is 0 Å². The Morgan fingerprint density at radius 2 is 1.86 bits per heavy atom. The lowest BCUT2D eigenvalue weighted by Crippen LogP contribution is -2.43. The number of hydrogen-bond donors (Lipinski definition) is 1. The Balaban J connectivity index is 1.24. The topological polar surface area (TPSA) is 70.1 Å². The fourth-order valence-electron chi connectivity index (χ4n) is 4.68. The normalized spacial score (nSPS) is 24.4. The minimum atomic E-state index is -0.841. The molecule has 1 aliphatic carbocycles. The number of carboxylic acid groups (broad SMARTS) is 1. The van der Waals surface area contributed by atoms with Gasteiger partial charge in [-0.05, 0) is 69.2 Å². The van der Waals surface area contributed by atoms with Gasteiger partial charge >= 0.3 is 5.97 Å². The third-order valence-corrected chi connectivity index (χ3v) is 6.55. The van der Waals surface area contributed by atoms with Crippen molar-refractivity contribution in [3.8, 4) is 5.75 Å². The molecule has 6 nitrogen and oxygen atoms in total. The van der Waals surface area contributed by atoms with Crippen LogP contribution in [0.5, 0.6) is 5.75 Å². The van der Waals surface area contributed by atoms with Gasteiger partial charge in [-0.1, -0.05) is 18.2 Å². The van der Waals surface area contributed by atoms with Crippen LogP contribution in [0.4, 0.5) is 0 Å². The molecule has 152 valence electrons. The number of rotatable bonds is 7. The minimum Gasteiger partial charge on any atom is -0.494 e. The monoisotopic (exact) mass is 386 g/mol. The largest absolute Gasteiger partial charge is 0.494 e. The lowest BCUT2D eigenvalue weighted by Gasteiger charge is -2.39. The third kappa shape index (κ3) is 4.32. The highest BCUT2D eigenvalue weighted by atomic mass is 16.5. The summed E-state index contributed by atoms with van der Waals surface area (Å²) in [6.45, 7) is 4.28. The first-order chi connectivity index (χ1) is 13.6. The molecule has 3 aliphatic rings. The molecule has 1 N–H and O–H groups in total. The second kappa shape index (κ2) is 8.11. The van der Waals surface area contributed by atoms with Gasteiger partial charge in [0.25, 0.3) is 0 Å². The SMILES string of the molecule is O=C(O)[C@@H]1CC2(CCN(CCCOc3ccccc3)CC2)CN1C(=O)C1CC1. The molecule has 4 rings (SSSR count). The van der Waals surface area contributed by atoms with Crippen molar-refractivity contribution in [1.29, 1.82) is 0 Å². The van der Waals surface area contributed by atoms with Crippen LogP contribution < -0.4 is 4.74 Å². The van der Waals surface area contributed by atoms with Crippen LogP contribution in [-0.2, 0) is 9.59 Å². The summed E-state index contributed by atoms with van der Waals surface area (Å²) in [5.41, 5.74) is -0.00928. The van der Waals surface area contributed by atoms with Crippen molar-refractivity contribution in [2.75, 3.05) is 32.8 Å². The summed E-state index contributed by atoms with van der Waals surface area (Å²) in [5.74, 6) is 0.226. The van der Waals surface area contributed by atoms with Gasteiger partial charge in [-0.3, -0.25) is 4.79 Å². The molecule has 0 radical (unpaired) electrons. The van der Waals surface area contributed by atoms with Gasteiger partial charge in [-0.25, -0.2) is 4.79 Å². The molecule has 2 aliphatic heterocycles. The first-order valence-electron chi connectivity index (χ1n) is 10.5. The lowest BCUT2D eigenvalue weighted by atomic mass is 9.76. The Kier molecular flexibility index (Phi) is 5.58. The first kappa shape index (κ1) is 19.2. The van der Waals surface area contributed by atoms with E-state index < -0.39 is 12.0 Å². The van der Waals surface area contributed by atoms with Crippen LogP contribution in [0.2, 0.25) is 0 Å². The van der Waals surface area contributed by atoms with E-state index in [2.05, 4.69) is 4.90 Å². The quantitative estimate of drug-likeness (QED) is 0.730. The Labute approximate surface area is 166 Å². The molecule has 1 saturated carbocycles. The number of carboxylic acids is 1. The maximum Gasteiger partial charge on any atom is 0.326 e. The number of hydrogen-bond acceptors (Lipinski definition) is 4. The minimum absolute atomic E-state index is 0.00928. The number of carbonyl (C=O) groups excluding carboxylic acids is 1. The Bertz CT molecular complexity index is 696. The van der Waals surface area contributed by atoms with E-state index in [9.17, 15) is 14.7 Å². The van der Waals surface area contributed by atoms with Gasteiger partial charge in [0.05, 0.1) is 6.61 Å². The Morgan fingerprint density at radius 1 is 1.14 bits per heavy atom. The zero-order valence-electron chi connectivity index (χ0n) is 16.4. The number of benzene rings is 1. The maximum atomic E-state index is 12.5. The summed E-state index contributed by atoms with van der Waals surface area (Å²) in [7, 11) is 0. The molecule has 1 aromatic rings. The molecule has 0 unspecified atom stereocenters. The van der Waals surface area contributed by atoms with E-state index in [1.165, 1.54) is 0 Å².